The number of hydrogen-bond donors (Lipinski definition) is 2. The van der Waals surface area contributed by atoms with Crippen LogP contribution in [0.3, 0.4) is 0 Å². The van der Waals surface area contributed by atoms with Crippen molar-refractivity contribution in [2.24, 2.45) is 0 Å². The highest BCUT2D eigenvalue weighted by molar-refractivity contribution is 7.99. The lowest BCUT2D eigenvalue weighted by Crippen LogP contribution is -2.13. The highest BCUT2D eigenvalue weighted by Gasteiger charge is 2.10. The number of thioether (sulfide) groups is 1. The second kappa shape index (κ2) is 7.67. The molecule has 0 bridgehead atoms. The van der Waals surface area contributed by atoms with E-state index in [1.807, 2.05) is 6.92 Å². The number of carbonyl (C=O) groups excluding carboxylic acids is 1. The molecule has 0 aliphatic carbocycles. The molecule has 22 heavy (non-hydrogen) atoms. The van der Waals surface area contributed by atoms with Crippen molar-refractivity contribution < 1.29 is 4.79 Å². The summed E-state index contributed by atoms with van der Waals surface area (Å²) >= 11 is 13.4. The van der Waals surface area contributed by atoms with Crippen molar-refractivity contribution in [3.05, 3.63) is 40.0 Å². The average Bonchev–Trinajstić information content (AvgIpc) is 2.42. The quantitative estimate of drug-likeness (QED) is 0.629. The van der Waals surface area contributed by atoms with Crippen LogP contribution < -0.4 is 11.1 Å². The molecule has 8 heteroatoms. The Balaban J connectivity index is 1.88. The number of nitrogens with two attached hydrogens (primary N) is 1. The lowest BCUT2D eigenvalue weighted by molar-refractivity contribution is -0.115. The second-order valence-corrected chi connectivity index (χ2v) is 6.34. The predicted octanol–water partition coefficient (Wildman–Crippen LogP) is 3.79. The van der Waals surface area contributed by atoms with Gasteiger partial charge in [0.05, 0.1) is 15.7 Å². The van der Waals surface area contributed by atoms with Crippen LogP contribution in [0.15, 0.2) is 29.4 Å². The van der Waals surface area contributed by atoms with Crippen LogP contribution in [0.25, 0.3) is 0 Å². The Kier molecular flexibility index (Phi) is 5.88. The summed E-state index contributed by atoms with van der Waals surface area (Å²) in [7, 11) is 0. The number of benzene rings is 1. The van der Waals surface area contributed by atoms with Gasteiger partial charge in [-0.15, -0.1) is 0 Å². The highest BCUT2D eigenvalue weighted by atomic mass is 35.5. The molecule has 1 amide bonds. The van der Waals surface area contributed by atoms with Gasteiger partial charge in [-0.25, -0.2) is 9.97 Å². The molecule has 1 aromatic heterocycles. The first-order chi connectivity index (χ1) is 10.5. The van der Waals surface area contributed by atoms with Gasteiger partial charge >= 0.3 is 0 Å². The van der Waals surface area contributed by atoms with E-state index < -0.39 is 0 Å². The summed E-state index contributed by atoms with van der Waals surface area (Å²) in [5.74, 6) is 0.766. The normalized spacial score (nSPS) is 10.5. The van der Waals surface area contributed by atoms with Crippen LogP contribution in [-0.4, -0.2) is 21.6 Å². The zero-order valence-electron chi connectivity index (χ0n) is 11.8. The molecule has 5 nitrogen and oxygen atoms in total. The summed E-state index contributed by atoms with van der Waals surface area (Å²) < 4.78 is 0. The van der Waals surface area contributed by atoms with E-state index in [0.29, 0.717) is 32.5 Å². The topological polar surface area (TPSA) is 80.9 Å². The Morgan fingerprint density at radius 3 is 2.64 bits per heavy atom. The van der Waals surface area contributed by atoms with E-state index in [9.17, 15) is 4.79 Å². The van der Waals surface area contributed by atoms with Crippen molar-refractivity contribution in [1.29, 1.82) is 0 Å². The number of halogens is 2. The number of para-hydroxylation sites is 1. The van der Waals surface area contributed by atoms with E-state index in [-0.39, 0.29) is 12.3 Å². The number of nitrogen functional groups attached to an aromatic ring is 1. The molecule has 1 heterocycles. The molecule has 0 fully saturated rings. The van der Waals surface area contributed by atoms with Crippen molar-refractivity contribution in [3.8, 4) is 0 Å². The zero-order chi connectivity index (χ0) is 16.1. The number of carbonyl (C=O) groups is 1. The third-order valence-electron chi connectivity index (χ3n) is 2.64. The highest BCUT2D eigenvalue weighted by Crippen LogP contribution is 2.30. The van der Waals surface area contributed by atoms with Gasteiger partial charge in [-0.2, -0.15) is 0 Å². The Labute approximate surface area is 142 Å². The van der Waals surface area contributed by atoms with E-state index in [0.717, 1.165) is 5.69 Å². The third-order valence-corrected chi connectivity index (χ3v) is 4.12. The van der Waals surface area contributed by atoms with Crippen molar-refractivity contribution in [2.45, 2.75) is 18.5 Å². The number of rotatable bonds is 5. The van der Waals surface area contributed by atoms with Crippen molar-refractivity contribution in [1.82, 2.24) is 9.97 Å². The van der Waals surface area contributed by atoms with Gasteiger partial charge in [-0.3, -0.25) is 4.79 Å². The predicted molar refractivity (Wildman–Crippen MR) is 91.6 cm³/mol. The molecule has 0 unspecified atom stereocenters. The molecule has 3 N–H and O–H groups in total. The number of amides is 1. The minimum absolute atomic E-state index is 0.178. The molecule has 116 valence electrons. The van der Waals surface area contributed by atoms with Gasteiger partial charge in [0.2, 0.25) is 5.91 Å². The molecule has 2 rings (SSSR count). The average molecular weight is 357 g/mol. The first-order valence-corrected chi connectivity index (χ1v) is 8.17. The summed E-state index contributed by atoms with van der Waals surface area (Å²) in [6, 6.07) is 6.74. The summed E-state index contributed by atoms with van der Waals surface area (Å²) in [6.07, 6.45) is 0.281. The number of aryl methyl sites for hydroxylation is 1. The van der Waals surface area contributed by atoms with E-state index in [1.165, 1.54) is 11.8 Å². The summed E-state index contributed by atoms with van der Waals surface area (Å²) in [4.78, 5) is 20.3. The second-order valence-electron chi connectivity index (χ2n) is 4.46. The van der Waals surface area contributed by atoms with E-state index in [2.05, 4.69) is 15.3 Å². The number of nitrogens with zero attached hydrogens (tertiary/aromatic N) is 2. The first-order valence-electron chi connectivity index (χ1n) is 6.43. The number of hydrogen-bond acceptors (Lipinski definition) is 5. The van der Waals surface area contributed by atoms with E-state index >= 15 is 0 Å². The van der Waals surface area contributed by atoms with Gasteiger partial charge in [-0.05, 0) is 19.1 Å². The summed E-state index contributed by atoms with van der Waals surface area (Å²) in [6.45, 7) is 1.84. The molecule has 0 aliphatic heterocycles. The fourth-order valence-electron chi connectivity index (χ4n) is 1.68. The minimum Gasteiger partial charge on any atom is -0.384 e. The fraction of sp³-hybridized carbons (Fsp3) is 0.214. The van der Waals surface area contributed by atoms with Crippen LogP contribution >= 0.6 is 35.0 Å². The molecular weight excluding hydrogens is 343 g/mol. The van der Waals surface area contributed by atoms with Gasteiger partial charge in [-0.1, -0.05) is 41.0 Å². The van der Waals surface area contributed by atoms with Gasteiger partial charge in [0.25, 0.3) is 0 Å². The smallest absolute Gasteiger partial charge is 0.225 e. The standard InChI is InChI=1S/C14H14Cl2N4OS/c1-8-7-11(17)19-14(18-8)22-6-5-12(21)20-13-9(15)3-2-4-10(13)16/h2-4,7H,5-6H2,1H3,(H,20,21)(H2,17,18,19). The lowest BCUT2D eigenvalue weighted by Gasteiger charge is -2.08. The molecule has 0 saturated heterocycles. The van der Waals surface area contributed by atoms with E-state index in [1.54, 1.807) is 24.3 Å². The van der Waals surface area contributed by atoms with Crippen LogP contribution in [0.5, 0.6) is 0 Å². The fourth-order valence-corrected chi connectivity index (χ4v) is 3.02. The third kappa shape index (κ3) is 4.76. The van der Waals surface area contributed by atoms with Crippen molar-refractivity contribution >= 4 is 52.4 Å². The van der Waals surface area contributed by atoms with E-state index in [4.69, 9.17) is 28.9 Å². The number of nitrogens with one attached hydrogen (secondary N) is 1. The lowest BCUT2D eigenvalue weighted by atomic mass is 10.3. The Morgan fingerprint density at radius 2 is 2.00 bits per heavy atom. The van der Waals surface area contributed by atoms with Gasteiger partial charge in [0, 0.05) is 23.9 Å². The summed E-state index contributed by atoms with van der Waals surface area (Å²) in [5, 5.41) is 4.07. The monoisotopic (exact) mass is 356 g/mol. The maximum atomic E-state index is 11.9. The van der Waals surface area contributed by atoms with Crippen molar-refractivity contribution in [3.63, 3.8) is 0 Å². The molecule has 1 aromatic carbocycles. The number of aromatic nitrogens is 2. The molecule has 0 radical (unpaired) electrons. The molecule has 2 aromatic rings. The Bertz CT molecular complexity index is 656. The van der Waals surface area contributed by atoms with Crippen LogP contribution in [0, 0.1) is 6.92 Å². The molecular formula is C14H14Cl2N4OS. The number of anilines is 2. The maximum Gasteiger partial charge on any atom is 0.225 e. The Hall–Kier alpha value is -1.50. The van der Waals surface area contributed by atoms with Crippen LogP contribution in [0.4, 0.5) is 11.5 Å². The minimum atomic E-state index is -0.178. The van der Waals surface area contributed by atoms with Crippen LogP contribution in [-0.2, 0) is 4.79 Å². The first kappa shape index (κ1) is 16.9. The van der Waals surface area contributed by atoms with Gasteiger partial charge in [0.15, 0.2) is 5.16 Å². The van der Waals surface area contributed by atoms with Gasteiger partial charge in [0.1, 0.15) is 5.82 Å². The van der Waals surface area contributed by atoms with Crippen LogP contribution in [0.1, 0.15) is 12.1 Å². The maximum absolute atomic E-state index is 11.9. The molecule has 0 aliphatic rings. The molecule has 0 atom stereocenters. The van der Waals surface area contributed by atoms with Gasteiger partial charge < -0.3 is 11.1 Å². The zero-order valence-corrected chi connectivity index (χ0v) is 14.1. The largest absolute Gasteiger partial charge is 0.384 e. The van der Waals surface area contributed by atoms with Crippen molar-refractivity contribution in [2.75, 3.05) is 16.8 Å². The SMILES string of the molecule is Cc1cc(N)nc(SCCC(=O)Nc2c(Cl)cccc2Cl)n1. The summed E-state index contributed by atoms with van der Waals surface area (Å²) in [5.41, 5.74) is 6.87. The Morgan fingerprint density at radius 1 is 1.32 bits per heavy atom. The molecule has 0 saturated carbocycles. The molecule has 0 spiro atoms. The van der Waals surface area contributed by atoms with Crippen LogP contribution in [0.2, 0.25) is 10.0 Å².